The Morgan fingerprint density at radius 2 is 1.74 bits per heavy atom. The minimum Gasteiger partial charge on any atom is -0.322 e. The number of carbonyl (C=O) groups is 1. The maximum absolute atomic E-state index is 14.0. The van der Waals surface area contributed by atoms with Crippen LogP contribution in [-0.2, 0) is 9.84 Å². The number of nitrogens with one attached hydrogen (secondary N) is 1. The first kappa shape index (κ1) is 23.9. The van der Waals surface area contributed by atoms with Crippen molar-refractivity contribution in [1.29, 1.82) is 0 Å². The maximum Gasteiger partial charge on any atom is 0.256 e. The smallest absolute Gasteiger partial charge is 0.256 e. The van der Waals surface area contributed by atoms with Crippen molar-refractivity contribution in [2.24, 2.45) is 0 Å². The molecule has 34 heavy (non-hydrogen) atoms. The Morgan fingerprint density at radius 1 is 0.941 bits per heavy atom. The molecule has 4 aromatic rings. The molecule has 9 heteroatoms. The Hall–Kier alpha value is -3.26. The number of sulfone groups is 1. The second kappa shape index (κ2) is 9.54. The highest BCUT2D eigenvalue weighted by atomic mass is 35.5. The highest BCUT2D eigenvalue weighted by molar-refractivity contribution is 7.90. The molecular weight excluding hydrogens is 498 g/mol. The number of anilines is 1. The van der Waals surface area contributed by atoms with Crippen molar-refractivity contribution in [2.45, 2.75) is 4.90 Å². The number of aromatic nitrogens is 1. The summed E-state index contributed by atoms with van der Waals surface area (Å²) in [5.41, 5.74) is 2.35. The summed E-state index contributed by atoms with van der Waals surface area (Å²) in [5, 5.41) is 3.37. The van der Waals surface area contributed by atoms with Crippen LogP contribution in [-0.4, -0.2) is 25.6 Å². The number of hydrogen-bond acceptors (Lipinski definition) is 4. The van der Waals surface area contributed by atoms with Gasteiger partial charge in [0.2, 0.25) is 0 Å². The van der Waals surface area contributed by atoms with Crippen molar-refractivity contribution in [3.63, 3.8) is 0 Å². The maximum atomic E-state index is 14.0. The van der Waals surface area contributed by atoms with Crippen LogP contribution >= 0.6 is 23.2 Å². The third-order valence-electron chi connectivity index (χ3n) is 5.00. The van der Waals surface area contributed by atoms with E-state index in [9.17, 15) is 17.6 Å². The lowest BCUT2D eigenvalue weighted by atomic mass is 9.99. The highest BCUT2D eigenvalue weighted by Crippen LogP contribution is 2.32. The van der Waals surface area contributed by atoms with Crippen LogP contribution in [0.1, 0.15) is 10.4 Å². The molecule has 0 fully saturated rings. The van der Waals surface area contributed by atoms with Gasteiger partial charge in [0.1, 0.15) is 5.82 Å². The number of hydrogen-bond donors (Lipinski definition) is 1. The zero-order chi connectivity index (χ0) is 24.5. The molecule has 5 nitrogen and oxygen atoms in total. The molecule has 0 saturated heterocycles. The van der Waals surface area contributed by atoms with Gasteiger partial charge < -0.3 is 5.32 Å². The number of nitrogens with zero attached hydrogens (tertiary/aromatic N) is 1. The SMILES string of the molecule is CS(=O)(=O)c1ccc(C(=O)Nc2ccc(Cl)c(-c3ccccn3)c2)c(-c2cc(F)cc(Cl)c2)c1. The van der Waals surface area contributed by atoms with Crippen molar-refractivity contribution in [1.82, 2.24) is 4.98 Å². The van der Waals surface area contributed by atoms with Gasteiger partial charge in [-0.15, -0.1) is 0 Å². The summed E-state index contributed by atoms with van der Waals surface area (Å²) in [6.45, 7) is 0. The van der Waals surface area contributed by atoms with E-state index >= 15 is 0 Å². The monoisotopic (exact) mass is 514 g/mol. The fraction of sp³-hybridized carbons (Fsp3) is 0.0400. The molecule has 172 valence electrons. The molecule has 0 spiro atoms. The van der Waals surface area contributed by atoms with Crippen LogP contribution in [0, 0.1) is 5.82 Å². The van der Waals surface area contributed by atoms with Gasteiger partial charge in [0.05, 0.1) is 15.6 Å². The Labute approximate surface area is 206 Å². The van der Waals surface area contributed by atoms with E-state index in [-0.39, 0.29) is 26.6 Å². The number of rotatable bonds is 5. The lowest BCUT2D eigenvalue weighted by Gasteiger charge is -2.14. The largest absolute Gasteiger partial charge is 0.322 e. The predicted molar refractivity (Wildman–Crippen MR) is 133 cm³/mol. The normalized spacial score (nSPS) is 11.3. The van der Waals surface area contributed by atoms with E-state index in [2.05, 4.69) is 10.3 Å². The molecule has 4 rings (SSSR count). The van der Waals surface area contributed by atoms with Gasteiger partial charge in [0.15, 0.2) is 9.84 Å². The van der Waals surface area contributed by atoms with Gasteiger partial charge in [-0.1, -0.05) is 29.3 Å². The van der Waals surface area contributed by atoms with E-state index in [1.807, 2.05) is 6.07 Å². The minimum atomic E-state index is -3.58. The Kier molecular flexibility index (Phi) is 6.70. The lowest BCUT2D eigenvalue weighted by Crippen LogP contribution is -2.14. The van der Waals surface area contributed by atoms with Gasteiger partial charge in [0.25, 0.3) is 5.91 Å². The standard InChI is InChI=1S/C25H17Cl2FN2O3S/c1-34(32,33)19-6-7-20(21(14-19)15-10-16(26)12-17(28)11-15)25(31)30-18-5-8-23(27)22(13-18)24-4-2-3-9-29-24/h2-14H,1H3,(H,30,31). The molecule has 0 aliphatic heterocycles. The number of pyridine rings is 1. The van der Waals surface area contributed by atoms with E-state index in [0.717, 1.165) is 12.3 Å². The molecule has 0 aliphatic carbocycles. The quantitative estimate of drug-likeness (QED) is 0.329. The van der Waals surface area contributed by atoms with E-state index in [1.54, 1.807) is 36.5 Å². The van der Waals surface area contributed by atoms with Crippen molar-refractivity contribution in [3.05, 3.63) is 100 Å². The van der Waals surface area contributed by atoms with Crippen molar-refractivity contribution >= 4 is 44.6 Å². The van der Waals surface area contributed by atoms with E-state index in [4.69, 9.17) is 23.2 Å². The molecule has 0 radical (unpaired) electrons. The van der Waals surface area contributed by atoms with E-state index in [0.29, 0.717) is 22.0 Å². The summed E-state index contributed by atoms with van der Waals surface area (Å²) >= 11 is 12.3. The van der Waals surface area contributed by atoms with E-state index in [1.165, 1.54) is 30.3 Å². The first-order chi connectivity index (χ1) is 16.1. The number of amides is 1. The number of carbonyl (C=O) groups excluding carboxylic acids is 1. The zero-order valence-electron chi connectivity index (χ0n) is 17.7. The van der Waals surface area contributed by atoms with Crippen molar-refractivity contribution in [3.8, 4) is 22.4 Å². The first-order valence-electron chi connectivity index (χ1n) is 9.95. The van der Waals surface area contributed by atoms with Crippen molar-refractivity contribution < 1.29 is 17.6 Å². The van der Waals surface area contributed by atoms with Crippen LogP contribution in [0.15, 0.2) is 83.9 Å². The Balaban J connectivity index is 1.77. The summed E-state index contributed by atoms with van der Waals surface area (Å²) in [6.07, 6.45) is 2.69. The zero-order valence-corrected chi connectivity index (χ0v) is 20.0. The average Bonchev–Trinajstić information content (AvgIpc) is 2.79. The molecule has 1 N–H and O–H groups in total. The molecular formula is C25H17Cl2FN2O3S. The van der Waals surface area contributed by atoms with Gasteiger partial charge in [-0.2, -0.15) is 0 Å². The second-order valence-corrected chi connectivity index (χ2v) is 10.4. The minimum absolute atomic E-state index is 0.0108. The molecule has 0 aliphatic rings. The van der Waals surface area contributed by atoms with Gasteiger partial charge in [-0.05, 0) is 77.9 Å². The summed E-state index contributed by atoms with van der Waals surface area (Å²) < 4.78 is 38.3. The Bertz CT molecular complexity index is 1490. The molecule has 3 aromatic carbocycles. The van der Waals surface area contributed by atoms with Crippen LogP contribution in [0.4, 0.5) is 10.1 Å². The van der Waals surface area contributed by atoms with Crippen LogP contribution in [0.5, 0.6) is 0 Å². The molecule has 0 atom stereocenters. The molecule has 1 aromatic heterocycles. The van der Waals surface area contributed by atoms with Gasteiger partial charge >= 0.3 is 0 Å². The van der Waals surface area contributed by atoms with Gasteiger partial charge in [-0.3, -0.25) is 9.78 Å². The number of benzene rings is 3. The van der Waals surface area contributed by atoms with Crippen LogP contribution in [0.25, 0.3) is 22.4 Å². The van der Waals surface area contributed by atoms with Gasteiger partial charge in [0, 0.05) is 34.3 Å². The summed E-state index contributed by atoms with van der Waals surface area (Å²) in [5.74, 6) is -1.14. The Morgan fingerprint density at radius 3 is 2.41 bits per heavy atom. The summed E-state index contributed by atoms with van der Waals surface area (Å²) in [6, 6.07) is 18.2. The first-order valence-corrected chi connectivity index (χ1v) is 12.6. The van der Waals surface area contributed by atoms with Crippen LogP contribution in [0.2, 0.25) is 10.0 Å². The molecule has 0 saturated carbocycles. The topological polar surface area (TPSA) is 76.1 Å². The van der Waals surface area contributed by atoms with E-state index < -0.39 is 21.6 Å². The lowest BCUT2D eigenvalue weighted by molar-refractivity contribution is 0.102. The summed E-state index contributed by atoms with van der Waals surface area (Å²) in [4.78, 5) is 17.5. The highest BCUT2D eigenvalue weighted by Gasteiger charge is 2.19. The second-order valence-electron chi connectivity index (χ2n) is 7.50. The van der Waals surface area contributed by atoms with Crippen LogP contribution in [0.3, 0.4) is 0 Å². The average molecular weight is 515 g/mol. The number of halogens is 3. The predicted octanol–water partition coefficient (Wildman–Crippen LogP) is 6.52. The van der Waals surface area contributed by atoms with Crippen LogP contribution < -0.4 is 5.32 Å². The fourth-order valence-electron chi connectivity index (χ4n) is 3.42. The molecule has 1 amide bonds. The van der Waals surface area contributed by atoms with Crippen molar-refractivity contribution in [2.75, 3.05) is 11.6 Å². The molecule has 0 unspecified atom stereocenters. The molecule has 0 bridgehead atoms. The third-order valence-corrected chi connectivity index (χ3v) is 6.66. The van der Waals surface area contributed by atoms with Gasteiger partial charge in [-0.25, -0.2) is 12.8 Å². The summed E-state index contributed by atoms with van der Waals surface area (Å²) in [7, 11) is -3.58. The fourth-order valence-corrected chi connectivity index (χ4v) is 4.50. The molecule has 1 heterocycles. The third kappa shape index (κ3) is 5.28.